The molecule has 5 nitrogen and oxygen atoms in total. The number of rotatable bonds is 7. The average molecular weight is 323 g/mol. The van der Waals surface area contributed by atoms with Gasteiger partial charge in [0, 0.05) is 11.8 Å². The number of thiophene rings is 1. The van der Waals surface area contributed by atoms with Crippen LogP contribution in [-0.4, -0.2) is 37.5 Å². The fourth-order valence-electron chi connectivity index (χ4n) is 1.51. The van der Waals surface area contributed by atoms with E-state index in [1.165, 1.54) is 6.07 Å². The molecule has 0 saturated carbocycles. The maximum Gasteiger partial charge on any atom is 0.346 e. The van der Waals surface area contributed by atoms with Crippen molar-refractivity contribution in [2.45, 2.75) is 30.5 Å². The van der Waals surface area contributed by atoms with E-state index in [2.05, 4.69) is 4.72 Å². The minimum Gasteiger partial charge on any atom is -0.477 e. The number of hydrogen-bond acceptors (Lipinski definition) is 5. The Morgan fingerprint density at radius 3 is 2.63 bits per heavy atom. The zero-order chi connectivity index (χ0) is 14.6. The van der Waals surface area contributed by atoms with Crippen molar-refractivity contribution in [2.75, 3.05) is 12.0 Å². The molecule has 0 aromatic carbocycles. The maximum absolute atomic E-state index is 12.2. The Balaban J connectivity index is 3.00. The molecule has 1 aromatic rings. The van der Waals surface area contributed by atoms with E-state index in [1.807, 2.05) is 13.2 Å². The number of hydrogen-bond donors (Lipinski definition) is 2. The Labute approximate surface area is 121 Å². The highest BCUT2D eigenvalue weighted by molar-refractivity contribution is 7.98. The molecule has 8 heteroatoms. The first-order valence-electron chi connectivity index (χ1n) is 5.66. The highest BCUT2D eigenvalue weighted by Gasteiger charge is 2.23. The maximum atomic E-state index is 12.2. The summed E-state index contributed by atoms with van der Waals surface area (Å²) in [6, 6.07) is 1.26. The van der Waals surface area contributed by atoms with Crippen molar-refractivity contribution in [3.05, 3.63) is 16.5 Å². The van der Waals surface area contributed by atoms with Crippen molar-refractivity contribution in [3.63, 3.8) is 0 Å². The lowest BCUT2D eigenvalue weighted by molar-refractivity contribution is 0.0701. The third-order valence-corrected chi connectivity index (χ3v) is 6.49. The third kappa shape index (κ3) is 4.20. The first-order valence-corrected chi connectivity index (χ1v) is 9.36. The summed E-state index contributed by atoms with van der Waals surface area (Å²) >= 11 is 2.35. The topological polar surface area (TPSA) is 83.5 Å². The standard InChI is InChI=1S/C11H17NO4S3/c1-4-8(6-17-3)12-19(15,16)9-5-7(2)10(18-9)11(13)14/h5,8,12H,4,6H2,1-3H3,(H,13,14). The van der Waals surface area contributed by atoms with Crippen LogP contribution in [0.15, 0.2) is 10.3 Å². The van der Waals surface area contributed by atoms with Gasteiger partial charge < -0.3 is 5.11 Å². The van der Waals surface area contributed by atoms with Crippen LogP contribution in [0, 0.1) is 6.92 Å². The molecular weight excluding hydrogens is 306 g/mol. The Kier molecular flexibility index (Phi) is 5.84. The van der Waals surface area contributed by atoms with Crippen molar-refractivity contribution in [2.24, 2.45) is 0 Å². The van der Waals surface area contributed by atoms with Gasteiger partial charge in [0.2, 0.25) is 10.0 Å². The van der Waals surface area contributed by atoms with Gasteiger partial charge in [-0.05, 0) is 31.2 Å². The number of thioether (sulfide) groups is 1. The van der Waals surface area contributed by atoms with Crippen LogP contribution in [-0.2, 0) is 10.0 Å². The summed E-state index contributed by atoms with van der Waals surface area (Å²) in [6.45, 7) is 3.50. The number of nitrogens with one attached hydrogen (secondary N) is 1. The van der Waals surface area contributed by atoms with Gasteiger partial charge in [-0.2, -0.15) is 11.8 Å². The second-order valence-corrected chi connectivity index (χ2v) is 7.97. The Hall–Kier alpha value is -0.570. The molecule has 1 unspecified atom stereocenters. The fraction of sp³-hybridized carbons (Fsp3) is 0.545. The smallest absolute Gasteiger partial charge is 0.346 e. The predicted molar refractivity (Wildman–Crippen MR) is 78.8 cm³/mol. The largest absolute Gasteiger partial charge is 0.477 e. The molecule has 0 aliphatic rings. The number of sulfonamides is 1. The summed E-state index contributed by atoms with van der Waals surface area (Å²) in [5, 5.41) is 8.95. The van der Waals surface area contributed by atoms with Gasteiger partial charge in [-0.3, -0.25) is 0 Å². The SMILES string of the molecule is CCC(CSC)NS(=O)(=O)c1cc(C)c(C(=O)O)s1. The van der Waals surface area contributed by atoms with Gasteiger partial charge in [-0.15, -0.1) is 11.3 Å². The van der Waals surface area contributed by atoms with Crippen LogP contribution in [0.2, 0.25) is 0 Å². The van der Waals surface area contributed by atoms with Gasteiger partial charge in [-0.1, -0.05) is 6.92 Å². The molecule has 0 aliphatic carbocycles. The van der Waals surface area contributed by atoms with Crippen molar-refractivity contribution in [3.8, 4) is 0 Å². The monoisotopic (exact) mass is 323 g/mol. The molecule has 1 rings (SSSR count). The van der Waals surface area contributed by atoms with Gasteiger partial charge in [0.1, 0.15) is 9.09 Å². The Morgan fingerprint density at radius 2 is 2.21 bits per heavy atom. The highest BCUT2D eigenvalue weighted by atomic mass is 32.2. The molecule has 0 aliphatic heterocycles. The number of aryl methyl sites for hydroxylation is 1. The van der Waals surface area contributed by atoms with Crippen molar-refractivity contribution >= 4 is 39.1 Å². The molecule has 1 atom stereocenters. The predicted octanol–water partition coefficient (Wildman–Crippen LogP) is 2.17. The van der Waals surface area contributed by atoms with E-state index in [0.29, 0.717) is 17.7 Å². The highest BCUT2D eigenvalue weighted by Crippen LogP contribution is 2.26. The molecule has 0 radical (unpaired) electrons. The van der Waals surface area contributed by atoms with Crippen molar-refractivity contribution in [1.29, 1.82) is 0 Å². The third-order valence-electron chi connectivity index (χ3n) is 2.54. The fourth-order valence-corrected chi connectivity index (χ4v) is 5.05. The molecule has 2 N–H and O–H groups in total. The molecule has 1 heterocycles. The molecule has 0 saturated heterocycles. The van der Waals surface area contributed by atoms with E-state index in [1.54, 1.807) is 18.7 Å². The summed E-state index contributed by atoms with van der Waals surface area (Å²) < 4.78 is 27.0. The summed E-state index contributed by atoms with van der Waals surface area (Å²) in [7, 11) is -3.64. The van der Waals surface area contributed by atoms with E-state index in [0.717, 1.165) is 11.3 Å². The van der Waals surface area contributed by atoms with Gasteiger partial charge >= 0.3 is 5.97 Å². The number of carboxylic acids is 1. The first kappa shape index (κ1) is 16.5. The molecular formula is C11H17NO4S3. The van der Waals surface area contributed by atoms with Crippen LogP contribution in [0.4, 0.5) is 0 Å². The lowest BCUT2D eigenvalue weighted by atomic mass is 10.3. The Bertz CT molecular complexity index is 550. The van der Waals surface area contributed by atoms with E-state index in [4.69, 9.17) is 5.11 Å². The van der Waals surface area contributed by atoms with Crippen molar-refractivity contribution in [1.82, 2.24) is 4.72 Å². The first-order chi connectivity index (χ1) is 8.81. The summed E-state index contributed by atoms with van der Waals surface area (Å²) in [5.74, 6) is -0.411. The molecule has 19 heavy (non-hydrogen) atoms. The van der Waals surface area contributed by atoms with Crippen LogP contribution in [0.5, 0.6) is 0 Å². The van der Waals surface area contributed by atoms with E-state index >= 15 is 0 Å². The van der Waals surface area contributed by atoms with E-state index in [9.17, 15) is 13.2 Å². The Morgan fingerprint density at radius 1 is 1.58 bits per heavy atom. The van der Waals surface area contributed by atoms with E-state index in [-0.39, 0.29) is 15.1 Å². The zero-order valence-corrected chi connectivity index (χ0v) is 13.4. The molecule has 0 amide bonds. The number of carboxylic acid groups (broad SMARTS) is 1. The van der Waals surface area contributed by atoms with Gasteiger partial charge in [0.05, 0.1) is 0 Å². The second kappa shape index (κ2) is 6.74. The van der Waals surface area contributed by atoms with Crippen LogP contribution < -0.4 is 4.72 Å². The van der Waals surface area contributed by atoms with E-state index < -0.39 is 16.0 Å². The molecule has 1 aromatic heterocycles. The minimum absolute atomic E-state index is 0.0574. The summed E-state index contributed by atoms with van der Waals surface area (Å²) in [4.78, 5) is 11.0. The summed E-state index contributed by atoms with van der Waals surface area (Å²) in [5.41, 5.74) is 0.468. The normalized spacial score (nSPS) is 13.4. The lowest BCUT2D eigenvalue weighted by Crippen LogP contribution is -2.35. The number of carbonyl (C=O) groups is 1. The summed E-state index contributed by atoms with van der Waals surface area (Å²) in [6.07, 6.45) is 2.60. The zero-order valence-electron chi connectivity index (χ0n) is 11.0. The van der Waals surface area contributed by atoms with Crippen LogP contribution in [0.1, 0.15) is 28.6 Å². The molecule has 0 fully saturated rings. The quantitative estimate of drug-likeness (QED) is 0.803. The van der Waals surface area contributed by atoms with Crippen LogP contribution in [0.25, 0.3) is 0 Å². The van der Waals surface area contributed by atoms with Crippen LogP contribution >= 0.6 is 23.1 Å². The minimum atomic E-state index is -3.64. The number of aromatic carboxylic acids is 1. The van der Waals surface area contributed by atoms with Gasteiger partial charge in [-0.25, -0.2) is 17.9 Å². The van der Waals surface area contributed by atoms with Gasteiger partial charge in [0.15, 0.2) is 0 Å². The second-order valence-electron chi connectivity index (χ2n) is 4.06. The molecule has 0 bridgehead atoms. The van der Waals surface area contributed by atoms with Gasteiger partial charge in [0.25, 0.3) is 0 Å². The lowest BCUT2D eigenvalue weighted by Gasteiger charge is -2.14. The molecule has 108 valence electrons. The average Bonchev–Trinajstić information content (AvgIpc) is 2.71. The van der Waals surface area contributed by atoms with Crippen LogP contribution in [0.3, 0.4) is 0 Å². The molecule has 0 spiro atoms. The van der Waals surface area contributed by atoms with Crippen molar-refractivity contribution < 1.29 is 18.3 Å².